The van der Waals surface area contributed by atoms with E-state index < -0.39 is 0 Å². The number of thiazole rings is 1. The number of rotatable bonds is 5. The normalized spacial score (nSPS) is 10.6. The SMILES string of the molecule is Cc1csc(-c2ccc(OCC(C)C)c(-n3cnnn3)c2)n1.[Na]. The fraction of sp³-hybridized carbons (Fsp3) is 0.333. The molecule has 115 valence electrons. The van der Waals surface area contributed by atoms with Gasteiger partial charge in [0.25, 0.3) is 0 Å². The molecule has 23 heavy (non-hydrogen) atoms. The zero-order valence-electron chi connectivity index (χ0n) is 13.7. The Bertz CT molecular complexity index is 757. The van der Waals surface area contributed by atoms with Crippen LogP contribution >= 0.6 is 11.3 Å². The molecule has 8 heteroatoms. The Morgan fingerprint density at radius 1 is 1.30 bits per heavy atom. The topological polar surface area (TPSA) is 65.7 Å². The molecule has 0 saturated carbocycles. The molecular formula is C15H17N5NaOS. The van der Waals surface area contributed by atoms with Crippen molar-refractivity contribution in [3.05, 3.63) is 35.6 Å². The number of ether oxygens (including phenoxy) is 1. The van der Waals surface area contributed by atoms with Crippen LogP contribution in [-0.2, 0) is 0 Å². The minimum absolute atomic E-state index is 0. The molecule has 1 radical (unpaired) electrons. The molecule has 0 spiro atoms. The number of hydrogen-bond acceptors (Lipinski definition) is 6. The maximum atomic E-state index is 5.89. The third-order valence-electron chi connectivity index (χ3n) is 2.99. The first-order valence-electron chi connectivity index (χ1n) is 7.06. The molecule has 0 bridgehead atoms. The molecule has 3 aromatic rings. The first kappa shape index (κ1) is 18.1. The summed E-state index contributed by atoms with van der Waals surface area (Å²) in [6.07, 6.45) is 1.56. The molecule has 0 aliphatic heterocycles. The Morgan fingerprint density at radius 3 is 2.74 bits per heavy atom. The maximum absolute atomic E-state index is 5.89. The van der Waals surface area contributed by atoms with Gasteiger partial charge in [-0.3, -0.25) is 0 Å². The summed E-state index contributed by atoms with van der Waals surface area (Å²) in [6.45, 7) is 6.86. The van der Waals surface area contributed by atoms with Gasteiger partial charge in [-0.15, -0.1) is 16.4 Å². The molecular weight excluding hydrogens is 321 g/mol. The Balaban J connectivity index is 0.00000192. The number of aryl methyl sites for hydroxylation is 1. The summed E-state index contributed by atoms with van der Waals surface area (Å²) < 4.78 is 7.50. The van der Waals surface area contributed by atoms with Crippen LogP contribution in [0.1, 0.15) is 19.5 Å². The standard InChI is InChI=1S/C15H17N5OS.Na/c1-10(2)7-21-14-5-4-12(15-17-11(3)8-22-15)6-13(14)20-9-16-18-19-20;/h4-6,8-10H,7H2,1-3H3;. The average molecular weight is 338 g/mol. The fourth-order valence-electron chi connectivity index (χ4n) is 1.97. The van der Waals surface area contributed by atoms with Crippen molar-refractivity contribution in [1.29, 1.82) is 0 Å². The van der Waals surface area contributed by atoms with E-state index in [0.717, 1.165) is 27.7 Å². The maximum Gasteiger partial charge on any atom is 0.145 e. The third kappa shape index (κ3) is 4.38. The van der Waals surface area contributed by atoms with E-state index >= 15 is 0 Å². The summed E-state index contributed by atoms with van der Waals surface area (Å²) in [7, 11) is 0. The molecule has 6 nitrogen and oxygen atoms in total. The van der Waals surface area contributed by atoms with Crippen molar-refractivity contribution in [3.8, 4) is 22.0 Å². The number of aromatic nitrogens is 5. The van der Waals surface area contributed by atoms with Gasteiger partial charge in [0, 0.05) is 46.2 Å². The molecule has 0 aliphatic carbocycles. The summed E-state index contributed by atoms with van der Waals surface area (Å²) in [5.41, 5.74) is 2.86. The number of hydrogen-bond donors (Lipinski definition) is 0. The minimum atomic E-state index is 0. The molecule has 1 aromatic carbocycles. The van der Waals surface area contributed by atoms with Crippen LogP contribution in [0.5, 0.6) is 5.75 Å². The third-order valence-corrected chi connectivity index (χ3v) is 4.00. The van der Waals surface area contributed by atoms with Crippen LogP contribution in [0.25, 0.3) is 16.3 Å². The molecule has 3 rings (SSSR count). The monoisotopic (exact) mass is 338 g/mol. The molecule has 0 amide bonds. The smallest absolute Gasteiger partial charge is 0.145 e. The molecule has 0 aliphatic rings. The molecule has 2 heterocycles. The zero-order chi connectivity index (χ0) is 15.5. The van der Waals surface area contributed by atoms with Crippen LogP contribution in [0.4, 0.5) is 0 Å². The van der Waals surface area contributed by atoms with Crippen molar-refractivity contribution in [2.45, 2.75) is 20.8 Å². The predicted octanol–water partition coefficient (Wildman–Crippen LogP) is 2.75. The second-order valence-electron chi connectivity index (χ2n) is 5.44. The number of tetrazole rings is 1. The van der Waals surface area contributed by atoms with Crippen molar-refractivity contribution < 1.29 is 4.74 Å². The molecule has 0 fully saturated rings. The number of benzene rings is 1. The van der Waals surface area contributed by atoms with Gasteiger partial charge in [0.15, 0.2) is 0 Å². The minimum Gasteiger partial charge on any atom is -0.491 e. The van der Waals surface area contributed by atoms with Crippen molar-refractivity contribution in [1.82, 2.24) is 25.2 Å². The van der Waals surface area contributed by atoms with Crippen LogP contribution < -0.4 is 4.74 Å². The van der Waals surface area contributed by atoms with Gasteiger partial charge < -0.3 is 4.74 Å². The van der Waals surface area contributed by atoms with Crippen molar-refractivity contribution in [3.63, 3.8) is 0 Å². The Kier molecular flexibility index (Phi) is 6.29. The van der Waals surface area contributed by atoms with Crippen LogP contribution in [0, 0.1) is 12.8 Å². The van der Waals surface area contributed by atoms with Gasteiger partial charge in [-0.05, 0) is 41.5 Å². The van der Waals surface area contributed by atoms with Crippen molar-refractivity contribution in [2.24, 2.45) is 5.92 Å². The van der Waals surface area contributed by atoms with Gasteiger partial charge >= 0.3 is 0 Å². The molecule has 0 atom stereocenters. The van der Waals surface area contributed by atoms with E-state index in [1.807, 2.05) is 30.5 Å². The van der Waals surface area contributed by atoms with Crippen molar-refractivity contribution in [2.75, 3.05) is 6.61 Å². The van der Waals surface area contributed by atoms with E-state index in [1.165, 1.54) is 0 Å². The van der Waals surface area contributed by atoms with E-state index in [9.17, 15) is 0 Å². The molecule has 0 unspecified atom stereocenters. The van der Waals surface area contributed by atoms with Gasteiger partial charge in [-0.25, -0.2) is 4.98 Å². The second-order valence-corrected chi connectivity index (χ2v) is 6.29. The summed E-state index contributed by atoms with van der Waals surface area (Å²) in [4.78, 5) is 4.52. The van der Waals surface area contributed by atoms with Crippen LogP contribution in [0.3, 0.4) is 0 Å². The Hall–Kier alpha value is -1.28. The first-order chi connectivity index (χ1) is 10.6. The van der Waals surface area contributed by atoms with Crippen LogP contribution in [0.2, 0.25) is 0 Å². The van der Waals surface area contributed by atoms with E-state index in [2.05, 4.69) is 34.4 Å². The largest absolute Gasteiger partial charge is 0.491 e. The summed E-state index contributed by atoms with van der Waals surface area (Å²) in [5, 5.41) is 14.4. The van der Waals surface area contributed by atoms with Gasteiger partial charge in [0.05, 0.1) is 6.61 Å². The van der Waals surface area contributed by atoms with Gasteiger partial charge in [0.1, 0.15) is 22.8 Å². The summed E-state index contributed by atoms with van der Waals surface area (Å²) >= 11 is 1.62. The Morgan fingerprint density at radius 2 is 2.13 bits per heavy atom. The van der Waals surface area contributed by atoms with Gasteiger partial charge in [-0.1, -0.05) is 13.8 Å². The summed E-state index contributed by atoms with van der Waals surface area (Å²) in [6, 6.07) is 5.97. The fourth-order valence-corrected chi connectivity index (χ4v) is 2.76. The van der Waals surface area contributed by atoms with Gasteiger partial charge in [-0.2, -0.15) is 4.68 Å². The summed E-state index contributed by atoms with van der Waals surface area (Å²) in [5.74, 6) is 1.21. The second kappa shape index (κ2) is 8.01. The van der Waals surface area contributed by atoms with E-state index in [1.54, 1.807) is 22.3 Å². The van der Waals surface area contributed by atoms with Crippen LogP contribution in [0.15, 0.2) is 29.9 Å². The van der Waals surface area contributed by atoms with Crippen molar-refractivity contribution >= 4 is 40.9 Å². The quantitative estimate of drug-likeness (QED) is 0.669. The van der Waals surface area contributed by atoms with Gasteiger partial charge in [0.2, 0.25) is 0 Å². The number of nitrogens with zero attached hydrogens (tertiary/aromatic N) is 5. The predicted molar refractivity (Wildman–Crippen MR) is 91.1 cm³/mol. The molecule has 0 saturated heterocycles. The van der Waals surface area contributed by atoms with E-state index in [0.29, 0.717) is 12.5 Å². The van der Waals surface area contributed by atoms with E-state index in [4.69, 9.17) is 4.74 Å². The zero-order valence-corrected chi connectivity index (χ0v) is 16.5. The van der Waals surface area contributed by atoms with Crippen LogP contribution in [-0.4, -0.2) is 61.4 Å². The molecule has 0 N–H and O–H groups in total. The Labute approximate surface area is 161 Å². The average Bonchev–Trinajstić information content (AvgIpc) is 3.16. The first-order valence-corrected chi connectivity index (χ1v) is 7.94. The van der Waals surface area contributed by atoms with E-state index in [-0.39, 0.29) is 29.6 Å². The molecule has 2 aromatic heterocycles.